The number of unbranched alkanes of at least 4 members (excludes halogenated alkanes) is 1. The highest BCUT2D eigenvalue weighted by molar-refractivity contribution is 6.52. The Balaban J connectivity index is 2.96. The maximum Gasteiger partial charge on any atom is 0.303 e. The standard InChI is InChI=1S/C14H15Cl4NO3/c1-3-4-5-10(22-7(2)20)14(21)19-9-6-8(15)11(16)13(18)12(9)17/h6,10H,3-5H2,1-2H3,(H,19,21). The number of hydrogen-bond donors (Lipinski definition) is 1. The fourth-order valence-corrected chi connectivity index (χ4v) is 2.56. The zero-order valence-corrected chi connectivity index (χ0v) is 15.0. The number of nitrogens with one attached hydrogen (secondary N) is 1. The molecule has 1 aromatic carbocycles. The molecule has 0 saturated heterocycles. The largest absolute Gasteiger partial charge is 0.452 e. The highest BCUT2D eigenvalue weighted by Crippen LogP contribution is 2.40. The van der Waals surface area contributed by atoms with Crippen molar-refractivity contribution < 1.29 is 14.3 Å². The Hall–Kier alpha value is -0.680. The van der Waals surface area contributed by atoms with Crippen LogP contribution in [0.2, 0.25) is 20.1 Å². The van der Waals surface area contributed by atoms with Crippen molar-refractivity contribution in [3.05, 3.63) is 26.2 Å². The topological polar surface area (TPSA) is 55.4 Å². The van der Waals surface area contributed by atoms with Crippen LogP contribution in [0.25, 0.3) is 0 Å². The summed E-state index contributed by atoms with van der Waals surface area (Å²) in [5, 5.41) is 2.94. The maximum atomic E-state index is 12.2. The lowest BCUT2D eigenvalue weighted by atomic mass is 10.1. The molecule has 1 aromatic rings. The average Bonchev–Trinajstić information content (AvgIpc) is 2.46. The van der Waals surface area contributed by atoms with Crippen LogP contribution < -0.4 is 5.32 Å². The van der Waals surface area contributed by atoms with Crippen LogP contribution in [0.5, 0.6) is 0 Å². The van der Waals surface area contributed by atoms with E-state index >= 15 is 0 Å². The van der Waals surface area contributed by atoms with Gasteiger partial charge in [-0.1, -0.05) is 59.7 Å². The maximum absolute atomic E-state index is 12.2. The van der Waals surface area contributed by atoms with Crippen molar-refractivity contribution in [2.24, 2.45) is 0 Å². The summed E-state index contributed by atoms with van der Waals surface area (Å²) in [6.45, 7) is 3.22. The lowest BCUT2D eigenvalue weighted by Gasteiger charge is -2.17. The fourth-order valence-electron chi connectivity index (χ4n) is 1.71. The Morgan fingerprint density at radius 2 is 1.82 bits per heavy atom. The number of carbonyl (C=O) groups is 2. The van der Waals surface area contributed by atoms with Gasteiger partial charge in [0.15, 0.2) is 6.10 Å². The summed E-state index contributed by atoms with van der Waals surface area (Å²) in [6.07, 6.45) is 1.11. The van der Waals surface area contributed by atoms with Crippen molar-refractivity contribution in [2.75, 3.05) is 5.32 Å². The third-order valence-corrected chi connectivity index (χ3v) is 4.53. The Bertz CT molecular complexity index is 578. The van der Waals surface area contributed by atoms with Gasteiger partial charge in [-0.15, -0.1) is 0 Å². The minimum atomic E-state index is -0.901. The Morgan fingerprint density at radius 1 is 1.18 bits per heavy atom. The van der Waals surface area contributed by atoms with Crippen LogP contribution in [-0.4, -0.2) is 18.0 Å². The molecule has 0 aliphatic heterocycles. The van der Waals surface area contributed by atoms with Gasteiger partial charge in [-0.25, -0.2) is 0 Å². The first-order valence-corrected chi connectivity index (χ1v) is 8.10. The number of esters is 1. The summed E-state index contributed by atoms with van der Waals surface area (Å²) in [6, 6.07) is 1.39. The fraction of sp³-hybridized carbons (Fsp3) is 0.429. The molecule has 0 aromatic heterocycles. The van der Waals surface area contributed by atoms with Crippen molar-refractivity contribution in [1.29, 1.82) is 0 Å². The van der Waals surface area contributed by atoms with Gasteiger partial charge in [0.25, 0.3) is 5.91 Å². The number of benzene rings is 1. The van der Waals surface area contributed by atoms with Gasteiger partial charge in [-0.05, 0) is 18.9 Å². The highest BCUT2D eigenvalue weighted by atomic mass is 35.5. The van der Waals surface area contributed by atoms with Gasteiger partial charge in [-0.2, -0.15) is 0 Å². The molecule has 1 unspecified atom stereocenters. The molecule has 1 N–H and O–H groups in total. The van der Waals surface area contributed by atoms with Crippen LogP contribution in [0, 0.1) is 0 Å². The van der Waals surface area contributed by atoms with E-state index in [2.05, 4.69) is 5.32 Å². The van der Waals surface area contributed by atoms with Gasteiger partial charge < -0.3 is 10.1 Å². The summed E-state index contributed by atoms with van der Waals surface area (Å²) in [4.78, 5) is 23.4. The van der Waals surface area contributed by atoms with Crippen LogP contribution in [0.4, 0.5) is 5.69 Å². The van der Waals surface area contributed by atoms with Crippen molar-refractivity contribution in [3.8, 4) is 0 Å². The third-order valence-electron chi connectivity index (χ3n) is 2.78. The van der Waals surface area contributed by atoms with E-state index in [1.54, 1.807) is 0 Å². The van der Waals surface area contributed by atoms with Crippen LogP contribution in [0.3, 0.4) is 0 Å². The first kappa shape index (κ1) is 19.4. The van der Waals surface area contributed by atoms with Gasteiger partial charge in [0.05, 0.1) is 25.8 Å². The molecule has 8 heteroatoms. The molecule has 1 amide bonds. The smallest absolute Gasteiger partial charge is 0.303 e. The van der Waals surface area contributed by atoms with Gasteiger partial charge >= 0.3 is 5.97 Å². The molecule has 1 rings (SSSR count). The summed E-state index contributed by atoms with van der Waals surface area (Å²) < 4.78 is 5.02. The first-order chi connectivity index (χ1) is 10.3. The van der Waals surface area contributed by atoms with E-state index in [1.807, 2.05) is 6.92 Å². The van der Waals surface area contributed by atoms with Crippen LogP contribution in [0.1, 0.15) is 33.1 Å². The molecule has 0 aliphatic carbocycles. The molecule has 0 saturated carbocycles. The average molecular weight is 387 g/mol. The molecule has 0 heterocycles. The lowest BCUT2D eigenvalue weighted by molar-refractivity contribution is -0.152. The summed E-state index contributed by atoms with van der Waals surface area (Å²) >= 11 is 23.7. The molecule has 122 valence electrons. The molecule has 4 nitrogen and oxygen atoms in total. The van der Waals surface area contributed by atoms with Crippen molar-refractivity contribution in [3.63, 3.8) is 0 Å². The second kappa shape index (κ2) is 8.82. The molecular formula is C14H15Cl4NO3. The van der Waals surface area contributed by atoms with Crippen molar-refractivity contribution in [2.45, 2.75) is 39.2 Å². The van der Waals surface area contributed by atoms with E-state index in [4.69, 9.17) is 51.1 Å². The zero-order valence-electron chi connectivity index (χ0n) is 12.0. The monoisotopic (exact) mass is 385 g/mol. The normalized spacial score (nSPS) is 11.9. The number of hydrogen-bond acceptors (Lipinski definition) is 3. The first-order valence-electron chi connectivity index (χ1n) is 6.59. The molecule has 0 radical (unpaired) electrons. The summed E-state index contributed by atoms with van der Waals surface area (Å²) in [5.41, 5.74) is 0.208. The van der Waals surface area contributed by atoms with Gasteiger partial charge in [0.1, 0.15) is 0 Å². The van der Waals surface area contributed by atoms with E-state index in [1.165, 1.54) is 13.0 Å². The minimum Gasteiger partial charge on any atom is -0.452 e. The summed E-state index contributed by atoms with van der Waals surface area (Å²) in [5.74, 6) is -1.03. The molecule has 0 fully saturated rings. The minimum absolute atomic E-state index is 0.0451. The number of carbonyl (C=O) groups excluding carboxylic acids is 2. The number of amides is 1. The Labute approximate surface area is 149 Å². The Morgan fingerprint density at radius 3 is 2.36 bits per heavy atom. The SMILES string of the molecule is CCCCC(OC(C)=O)C(=O)Nc1cc(Cl)c(Cl)c(Cl)c1Cl. The molecule has 0 aliphatic rings. The van der Waals surface area contributed by atoms with Crippen LogP contribution in [-0.2, 0) is 14.3 Å². The summed E-state index contributed by atoms with van der Waals surface area (Å²) in [7, 11) is 0. The Kier molecular flexibility index (Phi) is 7.77. The third kappa shape index (κ3) is 5.20. The van der Waals surface area contributed by atoms with Crippen molar-refractivity contribution >= 4 is 64.0 Å². The second-order valence-corrected chi connectivity index (χ2v) is 6.12. The lowest BCUT2D eigenvalue weighted by Crippen LogP contribution is -2.32. The highest BCUT2D eigenvalue weighted by Gasteiger charge is 2.23. The van der Waals surface area contributed by atoms with E-state index in [0.717, 1.165) is 12.8 Å². The van der Waals surface area contributed by atoms with E-state index in [-0.39, 0.29) is 25.8 Å². The van der Waals surface area contributed by atoms with E-state index in [9.17, 15) is 9.59 Å². The number of ether oxygens (including phenoxy) is 1. The molecular weight excluding hydrogens is 372 g/mol. The predicted octanol–water partition coefficient (Wildman–Crippen LogP) is 5.36. The van der Waals surface area contributed by atoms with Crippen LogP contribution >= 0.6 is 46.4 Å². The van der Waals surface area contributed by atoms with Gasteiger partial charge in [0, 0.05) is 6.92 Å². The number of anilines is 1. The molecule has 0 bridgehead atoms. The molecule has 22 heavy (non-hydrogen) atoms. The zero-order chi connectivity index (χ0) is 16.9. The van der Waals surface area contributed by atoms with Gasteiger partial charge in [0.2, 0.25) is 0 Å². The van der Waals surface area contributed by atoms with E-state index in [0.29, 0.717) is 6.42 Å². The molecule has 0 spiro atoms. The van der Waals surface area contributed by atoms with E-state index < -0.39 is 18.0 Å². The van der Waals surface area contributed by atoms with Crippen LogP contribution in [0.15, 0.2) is 6.07 Å². The molecule has 1 atom stereocenters. The van der Waals surface area contributed by atoms with Crippen molar-refractivity contribution in [1.82, 2.24) is 0 Å². The quantitative estimate of drug-likeness (QED) is 0.406. The van der Waals surface area contributed by atoms with Gasteiger partial charge in [-0.3, -0.25) is 9.59 Å². The number of halogens is 4. The number of rotatable bonds is 6. The predicted molar refractivity (Wildman–Crippen MR) is 90.2 cm³/mol. The second-order valence-electron chi connectivity index (χ2n) is 4.58.